The van der Waals surface area contributed by atoms with Crippen LogP contribution in [0.3, 0.4) is 0 Å². The quantitative estimate of drug-likeness (QED) is 0.871. The number of amides is 1. The molecule has 1 aliphatic carbocycles. The van der Waals surface area contributed by atoms with Gasteiger partial charge in [0, 0.05) is 24.7 Å². The van der Waals surface area contributed by atoms with Crippen LogP contribution < -0.4 is 5.32 Å². The number of rotatable bonds is 5. The Hall–Kier alpha value is -2.21. The highest BCUT2D eigenvalue weighted by molar-refractivity contribution is 5.76. The zero-order chi connectivity index (χ0) is 18.0. The number of aliphatic hydroxyl groups is 1. The van der Waals surface area contributed by atoms with Crippen LogP contribution in [0.15, 0.2) is 28.8 Å². The molecule has 2 aromatic rings. The van der Waals surface area contributed by atoms with Gasteiger partial charge in [0.15, 0.2) is 5.82 Å². The van der Waals surface area contributed by atoms with E-state index in [-0.39, 0.29) is 17.4 Å². The van der Waals surface area contributed by atoms with Crippen molar-refractivity contribution in [1.29, 1.82) is 0 Å². The number of hydrogen-bond acceptors (Lipinski definition) is 5. The molecule has 6 heteroatoms. The molecule has 3 rings (SSSR count). The molecule has 1 amide bonds. The lowest BCUT2D eigenvalue weighted by molar-refractivity contribution is -0.122. The van der Waals surface area contributed by atoms with Crippen LogP contribution in [-0.2, 0) is 23.1 Å². The molecule has 0 aliphatic heterocycles. The molecular formula is C19H25N3O3. The van der Waals surface area contributed by atoms with E-state index in [2.05, 4.69) is 15.5 Å². The van der Waals surface area contributed by atoms with Crippen molar-refractivity contribution in [2.24, 2.45) is 0 Å². The Morgan fingerprint density at radius 3 is 2.84 bits per heavy atom. The zero-order valence-electron chi connectivity index (χ0n) is 15.0. The van der Waals surface area contributed by atoms with Crippen LogP contribution in [-0.4, -0.2) is 27.3 Å². The first-order valence-corrected chi connectivity index (χ1v) is 8.73. The molecule has 2 unspecified atom stereocenters. The van der Waals surface area contributed by atoms with Crippen molar-refractivity contribution < 1.29 is 14.4 Å². The lowest BCUT2D eigenvalue weighted by atomic mass is 9.96. The minimum atomic E-state index is -0.563. The molecule has 1 aromatic heterocycles. The van der Waals surface area contributed by atoms with E-state index in [0.717, 1.165) is 11.1 Å². The third kappa shape index (κ3) is 4.07. The van der Waals surface area contributed by atoms with Gasteiger partial charge < -0.3 is 14.9 Å². The fourth-order valence-electron chi connectivity index (χ4n) is 3.05. The van der Waals surface area contributed by atoms with E-state index >= 15 is 0 Å². The van der Waals surface area contributed by atoms with E-state index in [4.69, 9.17) is 4.52 Å². The van der Waals surface area contributed by atoms with Crippen molar-refractivity contribution in [3.63, 3.8) is 0 Å². The zero-order valence-corrected chi connectivity index (χ0v) is 15.0. The highest BCUT2D eigenvalue weighted by Gasteiger charge is 2.31. The molecule has 0 saturated heterocycles. The number of carbonyl (C=O) groups is 1. The largest absolute Gasteiger partial charge is 0.390 e. The van der Waals surface area contributed by atoms with Crippen LogP contribution in [0.1, 0.15) is 62.5 Å². The summed E-state index contributed by atoms with van der Waals surface area (Å²) >= 11 is 0. The van der Waals surface area contributed by atoms with Gasteiger partial charge in [0.25, 0.3) is 0 Å². The highest BCUT2D eigenvalue weighted by atomic mass is 16.5. The van der Waals surface area contributed by atoms with Gasteiger partial charge in [0.2, 0.25) is 11.8 Å². The number of fused-ring (bicyclic) bond motifs is 1. The van der Waals surface area contributed by atoms with Crippen molar-refractivity contribution in [2.45, 2.75) is 64.0 Å². The van der Waals surface area contributed by atoms with Gasteiger partial charge in [0.1, 0.15) is 0 Å². The van der Waals surface area contributed by atoms with Crippen LogP contribution in [0.25, 0.3) is 0 Å². The topological polar surface area (TPSA) is 88.2 Å². The van der Waals surface area contributed by atoms with Crippen LogP contribution in [0.5, 0.6) is 0 Å². The normalized spacial score (nSPS) is 19.7. The number of benzene rings is 1. The van der Waals surface area contributed by atoms with Gasteiger partial charge in [-0.05, 0) is 17.5 Å². The fraction of sp³-hybridized carbons (Fsp3) is 0.526. The molecule has 1 heterocycles. The standard InChI is InChI=1S/C19H25N3O3/c1-19(2,3)18-21-16(25-22-18)10-6-9-15(24)20-17-13-8-5-4-7-12(13)11-14(17)23/h4-5,7-8,14,17,23H,6,9-11H2,1-3H3,(H,20,24). The lowest BCUT2D eigenvalue weighted by Crippen LogP contribution is -2.33. The Morgan fingerprint density at radius 2 is 2.12 bits per heavy atom. The molecule has 0 saturated carbocycles. The SMILES string of the molecule is CC(C)(C)c1noc(CCCC(=O)NC2c3ccccc3CC2O)n1. The number of aliphatic hydroxyl groups excluding tert-OH is 1. The molecule has 134 valence electrons. The number of aromatic nitrogens is 2. The van der Waals surface area contributed by atoms with Crippen molar-refractivity contribution in [3.05, 3.63) is 47.1 Å². The first-order chi connectivity index (χ1) is 11.8. The number of carbonyl (C=O) groups excluding carboxylic acids is 1. The summed E-state index contributed by atoms with van der Waals surface area (Å²) in [4.78, 5) is 16.6. The van der Waals surface area contributed by atoms with E-state index in [0.29, 0.717) is 37.4 Å². The Labute approximate surface area is 147 Å². The number of aryl methyl sites for hydroxylation is 1. The summed E-state index contributed by atoms with van der Waals surface area (Å²) in [7, 11) is 0. The Balaban J connectivity index is 1.50. The van der Waals surface area contributed by atoms with Crippen molar-refractivity contribution >= 4 is 5.91 Å². The number of hydrogen-bond donors (Lipinski definition) is 2. The summed E-state index contributed by atoms with van der Waals surface area (Å²) in [6.45, 7) is 6.08. The number of nitrogens with zero attached hydrogens (tertiary/aromatic N) is 2. The fourth-order valence-corrected chi connectivity index (χ4v) is 3.05. The van der Waals surface area contributed by atoms with Crippen molar-refractivity contribution in [3.8, 4) is 0 Å². The maximum atomic E-state index is 12.2. The van der Waals surface area contributed by atoms with E-state index in [1.54, 1.807) is 0 Å². The average Bonchev–Trinajstić information content (AvgIpc) is 3.13. The molecule has 0 spiro atoms. The highest BCUT2D eigenvalue weighted by Crippen LogP contribution is 2.31. The minimum Gasteiger partial charge on any atom is -0.390 e. The Bertz CT molecular complexity index is 748. The summed E-state index contributed by atoms with van der Waals surface area (Å²) in [5.74, 6) is 1.16. The first-order valence-electron chi connectivity index (χ1n) is 8.73. The van der Waals surface area contributed by atoms with E-state index in [1.165, 1.54) is 0 Å². The molecule has 6 nitrogen and oxygen atoms in total. The second kappa shape index (κ2) is 6.96. The summed E-state index contributed by atoms with van der Waals surface area (Å²) in [6, 6.07) is 7.51. The predicted octanol–water partition coefficient (Wildman–Crippen LogP) is 2.46. The predicted molar refractivity (Wildman–Crippen MR) is 93.0 cm³/mol. The molecule has 1 aliphatic rings. The van der Waals surface area contributed by atoms with Gasteiger partial charge in [-0.25, -0.2) is 0 Å². The second-order valence-corrected chi connectivity index (χ2v) is 7.63. The molecule has 1 aromatic carbocycles. The van der Waals surface area contributed by atoms with E-state index < -0.39 is 6.10 Å². The van der Waals surface area contributed by atoms with Crippen LogP contribution in [0, 0.1) is 0 Å². The molecule has 2 N–H and O–H groups in total. The third-order valence-electron chi connectivity index (χ3n) is 4.45. The molecular weight excluding hydrogens is 318 g/mol. The van der Waals surface area contributed by atoms with Gasteiger partial charge in [-0.2, -0.15) is 4.98 Å². The first kappa shape index (κ1) is 17.6. The average molecular weight is 343 g/mol. The lowest BCUT2D eigenvalue weighted by Gasteiger charge is -2.17. The van der Waals surface area contributed by atoms with E-state index in [1.807, 2.05) is 45.0 Å². The van der Waals surface area contributed by atoms with Gasteiger partial charge in [0.05, 0.1) is 12.1 Å². The van der Waals surface area contributed by atoms with Crippen LogP contribution in [0.2, 0.25) is 0 Å². The van der Waals surface area contributed by atoms with Gasteiger partial charge in [-0.15, -0.1) is 0 Å². The summed E-state index contributed by atoms with van der Waals surface area (Å²) in [5.41, 5.74) is 1.96. The second-order valence-electron chi connectivity index (χ2n) is 7.63. The molecule has 0 fully saturated rings. The molecule has 0 radical (unpaired) electrons. The third-order valence-corrected chi connectivity index (χ3v) is 4.45. The maximum absolute atomic E-state index is 12.2. The summed E-state index contributed by atoms with van der Waals surface area (Å²) in [5, 5.41) is 17.1. The maximum Gasteiger partial charge on any atom is 0.226 e. The van der Waals surface area contributed by atoms with Gasteiger partial charge in [-0.1, -0.05) is 50.2 Å². The Morgan fingerprint density at radius 1 is 1.36 bits per heavy atom. The van der Waals surface area contributed by atoms with Crippen molar-refractivity contribution in [2.75, 3.05) is 0 Å². The van der Waals surface area contributed by atoms with Crippen LogP contribution >= 0.6 is 0 Å². The molecule has 25 heavy (non-hydrogen) atoms. The van der Waals surface area contributed by atoms with E-state index in [9.17, 15) is 9.90 Å². The summed E-state index contributed by atoms with van der Waals surface area (Å²) in [6.07, 6.45) is 1.58. The minimum absolute atomic E-state index is 0.0729. The van der Waals surface area contributed by atoms with Gasteiger partial charge >= 0.3 is 0 Å². The molecule has 2 atom stereocenters. The Kier molecular flexibility index (Phi) is 4.90. The van der Waals surface area contributed by atoms with Gasteiger partial charge in [-0.3, -0.25) is 4.79 Å². The van der Waals surface area contributed by atoms with Crippen LogP contribution in [0.4, 0.5) is 0 Å². The van der Waals surface area contributed by atoms with Crippen molar-refractivity contribution in [1.82, 2.24) is 15.5 Å². The molecule has 0 bridgehead atoms. The number of nitrogens with one attached hydrogen (secondary N) is 1. The monoisotopic (exact) mass is 343 g/mol. The summed E-state index contributed by atoms with van der Waals surface area (Å²) < 4.78 is 5.24. The smallest absolute Gasteiger partial charge is 0.226 e.